The molecule has 0 saturated carbocycles. The van der Waals surface area contributed by atoms with Gasteiger partial charge in [0.25, 0.3) is 0 Å². The number of hydrogen-bond acceptors (Lipinski definition) is 6. The van der Waals surface area contributed by atoms with Gasteiger partial charge in [-0.2, -0.15) is 0 Å². The normalized spacial score (nSPS) is 10.8. The number of benzene rings is 1. The van der Waals surface area contributed by atoms with Crippen molar-refractivity contribution in [2.75, 3.05) is 5.32 Å². The van der Waals surface area contributed by atoms with Crippen LogP contribution >= 0.6 is 11.3 Å². The molecule has 4 rings (SSSR count). The lowest BCUT2D eigenvalue weighted by Crippen LogP contribution is -2.04. The number of rotatable bonds is 4. The zero-order valence-corrected chi connectivity index (χ0v) is 13.0. The molecule has 0 radical (unpaired) electrons. The molecule has 0 atom stereocenters. The Morgan fingerprint density at radius 1 is 0.913 bits per heavy atom. The number of fused-ring (bicyclic) bond motifs is 1. The molecule has 6 heteroatoms. The van der Waals surface area contributed by atoms with Crippen LogP contribution in [0, 0.1) is 0 Å². The van der Waals surface area contributed by atoms with Crippen molar-refractivity contribution in [3.63, 3.8) is 0 Å². The van der Waals surface area contributed by atoms with Crippen molar-refractivity contribution in [2.24, 2.45) is 0 Å². The fraction of sp³-hybridized carbons (Fsp3) is 0.0588. The standard InChI is InChI=1S/C17H13N5S/c1-2-7-15-14(6-1)22-16(23-15)12-9-19-17(20-10-12)21-11-13-5-3-4-8-18-13/h1-10H,11H2,(H,19,20,21). The summed E-state index contributed by atoms with van der Waals surface area (Å²) in [5, 5.41) is 4.10. The van der Waals surface area contributed by atoms with Gasteiger partial charge in [-0.25, -0.2) is 15.0 Å². The molecule has 0 aliphatic heterocycles. The summed E-state index contributed by atoms with van der Waals surface area (Å²) >= 11 is 1.64. The first-order valence-corrected chi connectivity index (χ1v) is 8.02. The van der Waals surface area contributed by atoms with Crippen molar-refractivity contribution in [1.29, 1.82) is 0 Å². The van der Waals surface area contributed by atoms with E-state index in [1.165, 1.54) is 4.70 Å². The van der Waals surface area contributed by atoms with E-state index in [0.717, 1.165) is 21.8 Å². The van der Waals surface area contributed by atoms with Crippen LogP contribution < -0.4 is 5.32 Å². The van der Waals surface area contributed by atoms with Gasteiger partial charge in [0.05, 0.1) is 22.5 Å². The van der Waals surface area contributed by atoms with Crippen molar-refractivity contribution >= 4 is 27.5 Å². The van der Waals surface area contributed by atoms with Crippen LogP contribution in [0.1, 0.15) is 5.69 Å². The highest BCUT2D eigenvalue weighted by Crippen LogP contribution is 2.29. The lowest BCUT2D eigenvalue weighted by Gasteiger charge is -2.04. The summed E-state index contributed by atoms with van der Waals surface area (Å²) in [5.74, 6) is 0.584. The molecular weight excluding hydrogens is 306 g/mol. The van der Waals surface area contributed by atoms with Crippen LogP contribution in [0.2, 0.25) is 0 Å². The number of pyridine rings is 1. The Labute approximate surface area is 137 Å². The Morgan fingerprint density at radius 3 is 2.52 bits per heavy atom. The van der Waals surface area contributed by atoms with Crippen LogP contribution in [0.15, 0.2) is 61.1 Å². The van der Waals surface area contributed by atoms with E-state index in [-0.39, 0.29) is 0 Å². The summed E-state index contributed by atoms with van der Waals surface area (Å²) < 4.78 is 1.17. The van der Waals surface area contributed by atoms with E-state index in [1.807, 2.05) is 36.4 Å². The number of hydrogen-bond donors (Lipinski definition) is 1. The molecule has 0 fully saturated rings. The maximum Gasteiger partial charge on any atom is 0.222 e. The van der Waals surface area contributed by atoms with Gasteiger partial charge < -0.3 is 5.32 Å². The van der Waals surface area contributed by atoms with Crippen molar-refractivity contribution in [3.05, 3.63) is 66.7 Å². The predicted molar refractivity (Wildman–Crippen MR) is 92.2 cm³/mol. The van der Waals surface area contributed by atoms with Gasteiger partial charge in [0.2, 0.25) is 5.95 Å². The molecule has 4 aromatic rings. The summed E-state index contributed by atoms with van der Waals surface area (Å²) in [6.45, 7) is 0.599. The smallest absolute Gasteiger partial charge is 0.222 e. The first-order chi connectivity index (χ1) is 11.4. The van der Waals surface area contributed by atoms with Gasteiger partial charge in [-0.05, 0) is 24.3 Å². The minimum atomic E-state index is 0.584. The van der Waals surface area contributed by atoms with Gasteiger partial charge >= 0.3 is 0 Å². The summed E-state index contributed by atoms with van der Waals surface area (Å²) in [6.07, 6.45) is 5.37. The number of thiazole rings is 1. The number of aromatic nitrogens is 4. The SMILES string of the molecule is c1ccc(CNc2ncc(-c3nc4ccccc4s3)cn2)nc1. The van der Waals surface area contributed by atoms with E-state index in [1.54, 1.807) is 29.9 Å². The van der Waals surface area contributed by atoms with Crippen LogP contribution in [0.3, 0.4) is 0 Å². The first-order valence-electron chi connectivity index (χ1n) is 7.20. The molecule has 0 amide bonds. The zero-order valence-electron chi connectivity index (χ0n) is 12.2. The third kappa shape index (κ3) is 3.02. The van der Waals surface area contributed by atoms with Crippen molar-refractivity contribution in [1.82, 2.24) is 19.9 Å². The van der Waals surface area contributed by atoms with E-state index in [0.29, 0.717) is 12.5 Å². The molecule has 0 spiro atoms. The quantitative estimate of drug-likeness (QED) is 0.620. The van der Waals surface area contributed by atoms with Gasteiger partial charge in [-0.3, -0.25) is 4.98 Å². The van der Waals surface area contributed by atoms with Crippen LogP contribution in [-0.2, 0) is 6.54 Å². The highest BCUT2D eigenvalue weighted by atomic mass is 32.1. The Kier molecular flexibility index (Phi) is 3.65. The monoisotopic (exact) mass is 319 g/mol. The maximum absolute atomic E-state index is 4.61. The molecule has 0 aliphatic rings. The summed E-state index contributed by atoms with van der Waals surface area (Å²) in [7, 11) is 0. The highest BCUT2D eigenvalue weighted by Gasteiger charge is 2.07. The van der Waals surface area contributed by atoms with Gasteiger partial charge in [0, 0.05) is 24.2 Å². The van der Waals surface area contributed by atoms with E-state index in [2.05, 4.69) is 31.3 Å². The lowest BCUT2D eigenvalue weighted by molar-refractivity contribution is 1.00. The molecule has 112 valence electrons. The summed E-state index contributed by atoms with van der Waals surface area (Å²) in [5.41, 5.74) is 2.88. The molecule has 1 aromatic carbocycles. The third-order valence-corrected chi connectivity index (χ3v) is 4.43. The second-order valence-corrected chi connectivity index (χ2v) is 5.99. The third-order valence-electron chi connectivity index (χ3n) is 3.35. The summed E-state index contributed by atoms with van der Waals surface area (Å²) in [6, 6.07) is 13.9. The van der Waals surface area contributed by atoms with E-state index in [9.17, 15) is 0 Å². The second-order valence-electron chi connectivity index (χ2n) is 4.96. The Morgan fingerprint density at radius 2 is 1.74 bits per heavy atom. The van der Waals surface area contributed by atoms with Crippen molar-refractivity contribution in [3.8, 4) is 10.6 Å². The van der Waals surface area contributed by atoms with Gasteiger partial charge in [-0.1, -0.05) is 18.2 Å². The van der Waals surface area contributed by atoms with Gasteiger partial charge in [0.15, 0.2) is 0 Å². The molecule has 0 saturated heterocycles. The molecular formula is C17H13N5S. The molecule has 0 bridgehead atoms. The first kappa shape index (κ1) is 13.8. The van der Waals surface area contributed by atoms with Crippen LogP contribution in [0.4, 0.5) is 5.95 Å². The van der Waals surface area contributed by atoms with E-state index >= 15 is 0 Å². The minimum Gasteiger partial charge on any atom is -0.349 e. The molecule has 23 heavy (non-hydrogen) atoms. The molecule has 3 heterocycles. The summed E-state index contributed by atoms with van der Waals surface area (Å²) in [4.78, 5) is 17.6. The number of nitrogens with one attached hydrogen (secondary N) is 1. The van der Waals surface area contributed by atoms with Gasteiger partial charge in [-0.15, -0.1) is 11.3 Å². The Balaban J connectivity index is 1.51. The fourth-order valence-corrected chi connectivity index (χ4v) is 3.14. The largest absolute Gasteiger partial charge is 0.349 e. The fourth-order valence-electron chi connectivity index (χ4n) is 2.20. The predicted octanol–water partition coefficient (Wildman–Crippen LogP) is 3.76. The Hall–Kier alpha value is -2.86. The van der Waals surface area contributed by atoms with Crippen molar-refractivity contribution in [2.45, 2.75) is 6.54 Å². The number of para-hydroxylation sites is 1. The lowest BCUT2D eigenvalue weighted by atomic mass is 10.3. The molecule has 5 nitrogen and oxygen atoms in total. The number of nitrogens with zero attached hydrogens (tertiary/aromatic N) is 4. The molecule has 3 aromatic heterocycles. The topological polar surface area (TPSA) is 63.6 Å². The zero-order chi connectivity index (χ0) is 15.5. The van der Waals surface area contributed by atoms with E-state index < -0.39 is 0 Å². The van der Waals surface area contributed by atoms with Crippen LogP contribution in [0.25, 0.3) is 20.8 Å². The highest BCUT2D eigenvalue weighted by molar-refractivity contribution is 7.21. The Bertz CT molecular complexity index is 886. The maximum atomic E-state index is 4.61. The average Bonchev–Trinajstić information content (AvgIpc) is 3.05. The number of anilines is 1. The van der Waals surface area contributed by atoms with Crippen LogP contribution in [-0.4, -0.2) is 19.9 Å². The van der Waals surface area contributed by atoms with Crippen molar-refractivity contribution < 1.29 is 0 Å². The van der Waals surface area contributed by atoms with Gasteiger partial charge in [0.1, 0.15) is 5.01 Å². The van der Waals surface area contributed by atoms with E-state index in [4.69, 9.17) is 0 Å². The molecule has 1 N–H and O–H groups in total. The molecule has 0 aliphatic carbocycles. The minimum absolute atomic E-state index is 0.584. The molecule has 0 unspecified atom stereocenters. The second kappa shape index (κ2) is 6.10. The van der Waals surface area contributed by atoms with Crippen LogP contribution in [0.5, 0.6) is 0 Å². The average molecular weight is 319 g/mol.